The molecule has 0 aromatic heterocycles. The van der Waals surface area contributed by atoms with E-state index >= 15 is 0 Å². The lowest BCUT2D eigenvalue weighted by molar-refractivity contribution is -0.129. The first-order valence-electron chi connectivity index (χ1n) is 8.12. The summed E-state index contributed by atoms with van der Waals surface area (Å²) < 4.78 is 11.3. The van der Waals surface area contributed by atoms with E-state index in [-0.39, 0.29) is 0 Å². The van der Waals surface area contributed by atoms with Gasteiger partial charge in [0.1, 0.15) is 0 Å². The van der Waals surface area contributed by atoms with Gasteiger partial charge in [0.2, 0.25) is 0 Å². The number of ether oxygens (including phenoxy) is 2. The first-order valence-corrected chi connectivity index (χ1v) is 10.2. The smallest absolute Gasteiger partial charge is 0.336 e. The van der Waals surface area contributed by atoms with E-state index in [0.29, 0.717) is 16.1 Å². The second kappa shape index (κ2) is 9.02. The van der Waals surface area contributed by atoms with Crippen molar-refractivity contribution in [1.29, 1.82) is 0 Å². The molecule has 0 atom stereocenters. The van der Waals surface area contributed by atoms with Gasteiger partial charge in [0.05, 0.1) is 11.7 Å². The largest absolute Gasteiger partial charge is 0.493 e. The van der Waals surface area contributed by atoms with Crippen molar-refractivity contribution >= 4 is 35.6 Å². The number of hydrogen-bond donors (Lipinski definition) is 0. The summed E-state index contributed by atoms with van der Waals surface area (Å²) in [5.41, 5.74) is 2.15. The number of carbonyl (C=O) groups is 1. The van der Waals surface area contributed by atoms with Crippen LogP contribution in [0, 0.1) is 0 Å². The number of benzene rings is 2. The number of rotatable bonds is 5. The average Bonchev–Trinajstić information content (AvgIpc) is 2.68. The van der Waals surface area contributed by atoms with Gasteiger partial charge in [0.15, 0.2) is 11.5 Å². The van der Waals surface area contributed by atoms with Crippen LogP contribution >= 0.6 is 23.5 Å². The third-order valence-corrected chi connectivity index (χ3v) is 6.72. The van der Waals surface area contributed by atoms with E-state index in [1.165, 1.54) is 29.6 Å². The fourth-order valence-corrected chi connectivity index (χ4v) is 5.34. The molecule has 0 spiro atoms. The van der Waals surface area contributed by atoms with E-state index in [1.54, 1.807) is 13.2 Å². The molecule has 2 aromatic rings. The summed E-state index contributed by atoms with van der Waals surface area (Å²) in [6.45, 7) is 0. The minimum atomic E-state index is -0.420. The maximum absolute atomic E-state index is 12.1. The molecule has 0 bridgehead atoms. The minimum absolute atomic E-state index is 0.420. The van der Waals surface area contributed by atoms with Crippen LogP contribution in [-0.2, 0) is 4.79 Å². The van der Waals surface area contributed by atoms with Crippen LogP contribution in [0.15, 0.2) is 54.6 Å². The Bertz CT molecular complexity index is 738. The molecule has 5 heteroatoms. The van der Waals surface area contributed by atoms with E-state index in [9.17, 15) is 4.79 Å². The van der Waals surface area contributed by atoms with Crippen LogP contribution in [0.2, 0.25) is 0 Å². The highest BCUT2D eigenvalue weighted by Crippen LogP contribution is 2.45. The highest BCUT2D eigenvalue weighted by molar-refractivity contribution is 8.16. The molecule has 1 heterocycles. The van der Waals surface area contributed by atoms with E-state index in [1.807, 2.05) is 72.1 Å². The molecule has 1 aliphatic heterocycles. The van der Waals surface area contributed by atoms with Gasteiger partial charge in [0, 0.05) is 6.08 Å². The Hall–Kier alpha value is -1.85. The highest BCUT2D eigenvalue weighted by Gasteiger charge is 2.19. The normalized spacial score (nSPS) is 15.2. The van der Waals surface area contributed by atoms with Gasteiger partial charge in [-0.25, -0.2) is 4.79 Å². The number of thioether (sulfide) groups is 2. The zero-order chi connectivity index (χ0) is 17.5. The Morgan fingerprint density at radius 2 is 1.84 bits per heavy atom. The Labute approximate surface area is 156 Å². The first kappa shape index (κ1) is 18.0. The number of hydrogen-bond acceptors (Lipinski definition) is 5. The van der Waals surface area contributed by atoms with E-state index in [0.717, 1.165) is 5.56 Å². The fourth-order valence-electron chi connectivity index (χ4n) is 2.47. The molecule has 0 aliphatic carbocycles. The molecule has 0 saturated carbocycles. The first-order chi connectivity index (χ1) is 12.3. The van der Waals surface area contributed by atoms with Gasteiger partial charge in [-0.3, -0.25) is 0 Å². The zero-order valence-electron chi connectivity index (χ0n) is 14.0. The predicted octanol–water partition coefficient (Wildman–Crippen LogP) is 5.18. The van der Waals surface area contributed by atoms with E-state index in [4.69, 9.17) is 9.47 Å². The van der Waals surface area contributed by atoms with Crippen molar-refractivity contribution in [2.75, 3.05) is 18.6 Å². The summed E-state index contributed by atoms with van der Waals surface area (Å²) in [7, 11) is 1.59. The molecule has 0 N–H and O–H groups in total. The monoisotopic (exact) mass is 372 g/mol. The number of esters is 1. The zero-order valence-corrected chi connectivity index (χ0v) is 15.6. The van der Waals surface area contributed by atoms with Crippen LogP contribution in [0.1, 0.15) is 22.1 Å². The molecule has 2 aromatic carbocycles. The Kier molecular flexibility index (Phi) is 6.48. The Morgan fingerprint density at radius 1 is 1.08 bits per heavy atom. The molecule has 1 fully saturated rings. The molecular formula is C20H20O3S2. The van der Waals surface area contributed by atoms with E-state index < -0.39 is 5.97 Å². The molecule has 3 rings (SSSR count). The maximum atomic E-state index is 12.1. The van der Waals surface area contributed by atoms with Gasteiger partial charge in [-0.05, 0) is 47.3 Å². The van der Waals surface area contributed by atoms with E-state index in [2.05, 4.69) is 0 Å². The van der Waals surface area contributed by atoms with Crippen molar-refractivity contribution < 1.29 is 14.3 Å². The summed E-state index contributed by atoms with van der Waals surface area (Å²) in [4.78, 5) is 12.1. The van der Waals surface area contributed by atoms with Gasteiger partial charge in [-0.2, -0.15) is 0 Å². The van der Waals surface area contributed by atoms with Gasteiger partial charge in [0.25, 0.3) is 0 Å². The maximum Gasteiger partial charge on any atom is 0.336 e. The van der Waals surface area contributed by atoms with Crippen molar-refractivity contribution in [3.8, 4) is 11.5 Å². The van der Waals surface area contributed by atoms with Crippen molar-refractivity contribution in [2.45, 2.75) is 11.0 Å². The summed E-state index contributed by atoms with van der Waals surface area (Å²) >= 11 is 3.90. The van der Waals surface area contributed by atoms with Crippen LogP contribution in [0.5, 0.6) is 11.5 Å². The van der Waals surface area contributed by atoms with Crippen LogP contribution in [-0.4, -0.2) is 24.6 Å². The molecule has 1 saturated heterocycles. The third kappa shape index (κ3) is 5.06. The SMILES string of the molecule is COc1cc(C2SCCCS2)ccc1OC(=O)C=Cc1ccccc1. The molecule has 25 heavy (non-hydrogen) atoms. The van der Waals surface area contributed by atoms with Gasteiger partial charge >= 0.3 is 5.97 Å². The Balaban J connectivity index is 1.69. The number of carbonyl (C=O) groups excluding carboxylic acids is 1. The van der Waals surface area contributed by atoms with Gasteiger partial charge < -0.3 is 9.47 Å². The van der Waals surface area contributed by atoms with Crippen LogP contribution in [0.25, 0.3) is 6.08 Å². The molecule has 0 unspecified atom stereocenters. The molecule has 1 aliphatic rings. The third-order valence-electron chi connectivity index (χ3n) is 3.71. The summed E-state index contributed by atoms with van der Waals surface area (Å²) in [6.07, 6.45) is 4.42. The minimum Gasteiger partial charge on any atom is -0.493 e. The molecule has 3 nitrogen and oxygen atoms in total. The predicted molar refractivity (Wildman–Crippen MR) is 106 cm³/mol. The topological polar surface area (TPSA) is 35.5 Å². The van der Waals surface area contributed by atoms with Crippen molar-refractivity contribution in [1.82, 2.24) is 0 Å². The van der Waals surface area contributed by atoms with Crippen LogP contribution < -0.4 is 9.47 Å². The summed E-state index contributed by atoms with van der Waals surface area (Å²) in [5.74, 6) is 2.98. The lowest BCUT2D eigenvalue weighted by Crippen LogP contribution is -2.06. The molecule has 0 amide bonds. The molecule has 0 radical (unpaired) electrons. The fraction of sp³-hybridized carbons (Fsp3) is 0.250. The average molecular weight is 373 g/mol. The van der Waals surface area contributed by atoms with Crippen molar-refractivity contribution in [3.05, 3.63) is 65.7 Å². The number of methoxy groups -OCH3 is 1. The second-order valence-corrected chi connectivity index (χ2v) is 8.23. The summed E-state index contributed by atoms with van der Waals surface area (Å²) in [5, 5.41) is 0. The van der Waals surface area contributed by atoms with Gasteiger partial charge in [-0.1, -0.05) is 36.4 Å². The summed E-state index contributed by atoms with van der Waals surface area (Å²) in [6, 6.07) is 15.4. The lowest BCUT2D eigenvalue weighted by atomic mass is 10.2. The highest BCUT2D eigenvalue weighted by atomic mass is 32.2. The van der Waals surface area contributed by atoms with Gasteiger partial charge in [-0.15, -0.1) is 23.5 Å². The second-order valence-electron chi connectivity index (χ2n) is 5.50. The van der Waals surface area contributed by atoms with Crippen LogP contribution in [0.3, 0.4) is 0 Å². The molecule has 130 valence electrons. The van der Waals surface area contributed by atoms with Crippen LogP contribution in [0.4, 0.5) is 0 Å². The van der Waals surface area contributed by atoms with Crippen molar-refractivity contribution in [2.24, 2.45) is 0 Å². The molecular weight excluding hydrogens is 352 g/mol. The quantitative estimate of drug-likeness (QED) is 0.410. The van der Waals surface area contributed by atoms with Crippen molar-refractivity contribution in [3.63, 3.8) is 0 Å². The lowest BCUT2D eigenvalue weighted by Gasteiger charge is -2.22. The Morgan fingerprint density at radius 3 is 2.56 bits per heavy atom. The standard InChI is InChI=1S/C20H20O3S2/c1-22-18-14-16(20-24-12-5-13-25-20)9-10-17(18)23-19(21)11-8-15-6-3-2-4-7-15/h2-4,6-11,14,20H,5,12-13H2,1H3.